The van der Waals surface area contributed by atoms with Gasteiger partial charge in [0.1, 0.15) is 0 Å². The Morgan fingerprint density at radius 1 is 0.931 bits per heavy atom. The Morgan fingerprint density at radius 2 is 1.69 bits per heavy atom. The molecule has 0 bridgehead atoms. The fourth-order valence-electron chi connectivity index (χ4n) is 3.99. The number of carbonyl (C=O) groups is 1. The lowest BCUT2D eigenvalue weighted by molar-refractivity contribution is 0.101. The van der Waals surface area contributed by atoms with E-state index >= 15 is 0 Å². The molecule has 142 valence electrons. The van der Waals surface area contributed by atoms with Crippen LogP contribution in [-0.2, 0) is 7.05 Å². The average Bonchev–Trinajstić information content (AvgIpc) is 3.23. The zero-order chi connectivity index (χ0) is 20.0. The number of fused-ring (bicyclic) bond motifs is 2. The van der Waals surface area contributed by atoms with E-state index in [0.717, 1.165) is 27.7 Å². The maximum Gasteiger partial charge on any atom is 0.232 e. The normalized spacial score (nSPS) is 14.3. The summed E-state index contributed by atoms with van der Waals surface area (Å²) in [4.78, 5) is 13.0. The highest BCUT2D eigenvalue weighted by molar-refractivity contribution is 6.16. The van der Waals surface area contributed by atoms with Gasteiger partial charge in [0.05, 0.1) is 18.4 Å². The Hall–Kier alpha value is -3.79. The predicted octanol–water partition coefficient (Wildman–Crippen LogP) is 5.47. The van der Waals surface area contributed by atoms with Crippen molar-refractivity contribution in [3.63, 3.8) is 0 Å². The van der Waals surface area contributed by atoms with Crippen LogP contribution in [0.5, 0.6) is 11.5 Å². The molecular weight excluding hydrogens is 362 g/mol. The summed E-state index contributed by atoms with van der Waals surface area (Å²) < 4.78 is 13.5. The van der Waals surface area contributed by atoms with Crippen molar-refractivity contribution in [2.45, 2.75) is 0 Å². The number of methoxy groups -OCH3 is 1. The molecule has 0 saturated carbocycles. The van der Waals surface area contributed by atoms with Gasteiger partial charge in [0.2, 0.25) is 5.78 Å². The minimum atomic E-state index is -0.133. The summed E-state index contributed by atoms with van der Waals surface area (Å²) in [6.45, 7) is 0. The minimum Gasteiger partial charge on any atom is -0.493 e. The van der Waals surface area contributed by atoms with Crippen LogP contribution < -0.4 is 9.47 Å². The Morgan fingerprint density at radius 3 is 2.48 bits per heavy atom. The second-order valence-corrected chi connectivity index (χ2v) is 6.98. The van der Waals surface area contributed by atoms with Crippen molar-refractivity contribution in [3.8, 4) is 22.8 Å². The van der Waals surface area contributed by atoms with E-state index in [1.807, 2.05) is 43.5 Å². The number of nitrogens with zero attached hydrogens (tertiary/aromatic N) is 1. The maximum absolute atomic E-state index is 13.0. The number of benzene rings is 3. The van der Waals surface area contributed by atoms with Crippen LogP contribution >= 0.6 is 0 Å². The maximum atomic E-state index is 13.0. The standard InChI is InChI=1S/C25H19NO3/c1-26-20-13-7-6-11-17(20)19(23(26)16-9-4-3-5-10-16)15-22-24(27)18-12-8-14-21(28-2)25(18)29-22/h3-15H,1-2H3/b22-15-. The zero-order valence-electron chi connectivity index (χ0n) is 16.2. The quantitative estimate of drug-likeness (QED) is 0.442. The number of rotatable bonds is 3. The molecule has 0 unspecified atom stereocenters. The topological polar surface area (TPSA) is 40.5 Å². The molecule has 4 aromatic rings. The highest BCUT2D eigenvalue weighted by atomic mass is 16.5. The number of hydrogen-bond acceptors (Lipinski definition) is 3. The summed E-state index contributed by atoms with van der Waals surface area (Å²) in [5.74, 6) is 1.21. The molecular formula is C25H19NO3. The van der Waals surface area contributed by atoms with Crippen molar-refractivity contribution in [1.82, 2.24) is 4.57 Å². The fourth-order valence-corrected chi connectivity index (χ4v) is 3.99. The van der Waals surface area contributed by atoms with Crippen molar-refractivity contribution in [3.05, 3.63) is 89.7 Å². The van der Waals surface area contributed by atoms with Gasteiger partial charge in [-0.05, 0) is 29.8 Å². The molecule has 2 heterocycles. The van der Waals surface area contributed by atoms with Gasteiger partial charge < -0.3 is 14.0 Å². The van der Waals surface area contributed by atoms with E-state index in [2.05, 4.69) is 28.8 Å². The number of aromatic nitrogens is 1. The molecule has 0 atom stereocenters. The SMILES string of the molecule is COc1cccc2c1O/C(=C\c1c(-c3ccccc3)n(C)c3ccccc13)C2=O. The van der Waals surface area contributed by atoms with E-state index in [4.69, 9.17) is 9.47 Å². The van der Waals surface area contributed by atoms with Gasteiger partial charge in [0, 0.05) is 23.5 Å². The zero-order valence-corrected chi connectivity index (χ0v) is 16.2. The smallest absolute Gasteiger partial charge is 0.232 e. The highest BCUT2D eigenvalue weighted by Crippen LogP contribution is 2.41. The first-order valence-corrected chi connectivity index (χ1v) is 9.43. The molecule has 4 heteroatoms. The summed E-state index contributed by atoms with van der Waals surface area (Å²) in [5, 5.41) is 1.07. The second kappa shape index (κ2) is 6.67. The van der Waals surface area contributed by atoms with Crippen molar-refractivity contribution < 1.29 is 14.3 Å². The third-order valence-corrected chi connectivity index (χ3v) is 5.35. The molecule has 0 saturated heterocycles. The van der Waals surface area contributed by atoms with Crippen molar-refractivity contribution in [1.29, 1.82) is 0 Å². The Balaban J connectivity index is 1.74. The lowest BCUT2D eigenvalue weighted by Gasteiger charge is -2.07. The molecule has 4 nitrogen and oxygen atoms in total. The van der Waals surface area contributed by atoms with Gasteiger partial charge in [-0.15, -0.1) is 0 Å². The summed E-state index contributed by atoms with van der Waals surface area (Å²) in [6.07, 6.45) is 1.85. The van der Waals surface area contributed by atoms with Crippen molar-refractivity contribution in [2.24, 2.45) is 7.05 Å². The van der Waals surface area contributed by atoms with E-state index in [-0.39, 0.29) is 5.78 Å². The number of ether oxygens (including phenoxy) is 2. The van der Waals surface area contributed by atoms with Gasteiger partial charge in [-0.3, -0.25) is 4.79 Å². The molecule has 0 N–H and O–H groups in total. The average molecular weight is 381 g/mol. The van der Waals surface area contributed by atoms with Crippen LogP contribution in [0.4, 0.5) is 0 Å². The monoisotopic (exact) mass is 381 g/mol. The number of aryl methyl sites for hydroxylation is 1. The Kier molecular flexibility index (Phi) is 3.98. The second-order valence-electron chi connectivity index (χ2n) is 6.98. The van der Waals surface area contributed by atoms with Gasteiger partial charge in [0.15, 0.2) is 17.3 Å². The first-order chi connectivity index (χ1) is 14.2. The Bertz CT molecular complexity index is 1280. The lowest BCUT2D eigenvalue weighted by Crippen LogP contribution is -1.99. The van der Waals surface area contributed by atoms with Crippen LogP contribution in [0.2, 0.25) is 0 Å². The predicted molar refractivity (Wildman–Crippen MR) is 114 cm³/mol. The molecule has 0 radical (unpaired) electrons. The molecule has 0 fully saturated rings. The van der Waals surface area contributed by atoms with Crippen molar-refractivity contribution >= 4 is 22.8 Å². The molecule has 0 amide bonds. The largest absolute Gasteiger partial charge is 0.493 e. The number of Topliss-reactive ketones (excluding diaryl/α,β-unsaturated/α-hetero) is 1. The molecule has 3 aromatic carbocycles. The summed E-state index contributed by atoms with van der Waals surface area (Å²) in [5.41, 5.74) is 4.71. The van der Waals surface area contributed by atoms with Crippen LogP contribution in [0.25, 0.3) is 28.2 Å². The third-order valence-electron chi connectivity index (χ3n) is 5.35. The number of hydrogen-bond donors (Lipinski definition) is 0. The van der Waals surface area contributed by atoms with Gasteiger partial charge in [-0.25, -0.2) is 0 Å². The van der Waals surface area contributed by atoms with E-state index in [0.29, 0.717) is 22.8 Å². The molecule has 0 aliphatic carbocycles. The van der Waals surface area contributed by atoms with E-state index in [1.165, 1.54) is 0 Å². The van der Waals surface area contributed by atoms with Crippen LogP contribution in [0.15, 0.2) is 78.6 Å². The van der Waals surface area contributed by atoms with E-state index in [1.54, 1.807) is 25.3 Å². The van der Waals surface area contributed by atoms with Gasteiger partial charge in [0.25, 0.3) is 0 Å². The first kappa shape index (κ1) is 17.3. The van der Waals surface area contributed by atoms with Crippen LogP contribution in [0, 0.1) is 0 Å². The lowest BCUT2D eigenvalue weighted by atomic mass is 10.0. The fraction of sp³-hybridized carbons (Fsp3) is 0.0800. The number of allylic oxidation sites excluding steroid dienone is 1. The van der Waals surface area contributed by atoms with Gasteiger partial charge in [-0.2, -0.15) is 0 Å². The first-order valence-electron chi connectivity index (χ1n) is 9.43. The third kappa shape index (κ3) is 2.64. The number of carbonyl (C=O) groups excluding carboxylic acids is 1. The molecule has 1 aliphatic rings. The van der Waals surface area contributed by atoms with Gasteiger partial charge in [-0.1, -0.05) is 54.6 Å². The highest BCUT2D eigenvalue weighted by Gasteiger charge is 2.31. The van der Waals surface area contributed by atoms with Crippen LogP contribution in [0.3, 0.4) is 0 Å². The van der Waals surface area contributed by atoms with Crippen LogP contribution in [-0.4, -0.2) is 17.5 Å². The molecule has 5 rings (SSSR count). The summed E-state index contributed by atoms with van der Waals surface area (Å²) >= 11 is 0. The number of ketones is 1. The molecule has 29 heavy (non-hydrogen) atoms. The summed E-state index contributed by atoms with van der Waals surface area (Å²) in [7, 11) is 3.62. The number of para-hydroxylation sites is 2. The van der Waals surface area contributed by atoms with Crippen molar-refractivity contribution in [2.75, 3.05) is 7.11 Å². The van der Waals surface area contributed by atoms with E-state index < -0.39 is 0 Å². The molecule has 1 aliphatic heterocycles. The van der Waals surface area contributed by atoms with Crippen LogP contribution in [0.1, 0.15) is 15.9 Å². The van der Waals surface area contributed by atoms with E-state index in [9.17, 15) is 4.79 Å². The summed E-state index contributed by atoms with van der Waals surface area (Å²) in [6, 6.07) is 23.7. The Labute approximate surface area is 168 Å². The molecule has 0 spiro atoms. The molecule has 1 aromatic heterocycles. The minimum absolute atomic E-state index is 0.133. The van der Waals surface area contributed by atoms with Gasteiger partial charge >= 0.3 is 0 Å².